The maximum atomic E-state index is 14.2. The van der Waals surface area contributed by atoms with Gasteiger partial charge in [-0.15, -0.1) is 0 Å². The molecule has 152 valence electrons. The van der Waals surface area contributed by atoms with Crippen LogP contribution in [0.4, 0.5) is 4.39 Å². The molecule has 2 unspecified atom stereocenters. The zero-order valence-corrected chi connectivity index (χ0v) is 17.6. The molecule has 5 nitrogen and oxygen atoms in total. The van der Waals surface area contributed by atoms with Crippen molar-refractivity contribution in [3.05, 3.63) is 72.0 Å². The summed E-state index contributed by atoms with van der Waals surface area (Å²) in [5.41, 5.74) is 4.86. The van der Waals surface area contributed by atoms with Crippen molar-refractivity contribution in [2.75, 3.05) is 0 Å². The van der Waals surface area contributed by atoms with Crippen molar-refractivity contribution in [3.8, 4) is 0 Å². The fourth-order valence-electron chi connectivity index (χ4n) is 4.22. The van der Waals surface area contributed by atoms with E-state index in [1.54, 1.807) is 6.07 Å². The van der Waals surface area contributed by atoms with Gasteiger partial charge in [-0.25, -0.2) is 19.0 Å². The Bertz CT molecular complexity index is 1360. The van der Waals surface area contributed by atoms with Gasteiger partial charge in [0.25, 0.3) is 0 Å². The summed E-state index contributed by atoms with van der Waals surface area (Å²) in [5, 5.41) is 6.21. The van der Waals surface area contributed by atoms with Gasteiger partial charge in [-0.05, 0) is 51.8 Å². The second-order valence-electron chi connectivity index (χ2n) is 8.16. The number of hydrogen-bond donors (Lipinski definition) is 0. The van der Waals surface area contributed by atoms with E-state index in [0.717, 1.165) is 51.8 Å². The maximum absolute atomic E-state index is 14.2. The van der Waals surface area contributed by atoms with Crippen molar-refractivity contribution in [3.63, 3.8) is 0 Å². The second kappa shape index (κ2) is 6.62. The Kier molecular flexibility index (Phi) is 4.13. The van der Waals surface area contributed by atoms with E-state index < -0.39 is 0 Å². The zero-order chi connectivity index (χ0) is 21.2. The number of allylic oxidation sites excluding steroid dienone is 3. The van der Waals surface area contributed by atoms with Gasteiger partial charge in [0.1, 0.15) is 11.5 Å². The van der Waals surface area contributed by atoms with Crippen LogP contribution in [-0.4, -0.2) is 24.1 Å². The van der Waals surface area contributed by atoms with E-state index >= 15 is 0 Å². The van der Waals surface area contributed by atoms with Gasteiger partial charge < -0.3 is 4.40 Å². The quantitative estimate of drug-likeness (QED) is 0.440. The largest absolute Gasteiger partial charge is 0.304 e. The highest BCUT2D eigenvalue weighted by Crippen LogP contribution is 2.54. The lowest BCUT2D eigenvalue weighted by molar-refractivity contribution is 0.640. The predicted octanol–water partition coefficient (Wildman–Crippen LogP) is 5.71. The third-order valence-corrected chi connectivity index (χ3v) is 6.10. The van der Waals surface area contributed by atoms with Crippen molar-refractivity contribution in [2.45, 2.75) is 46.0 Å². The van der Waals surface area contributed by atoms with Crippen LogP contribution < -0.4 is 0 Å². The third-order valence-electron chi connectivity index (χ3n) is 6.10. The van der Waals surface area contributed by atoms with Crippen LogP contribution in [0, 0.1) is 12.7 Å². The molecule has 1 saturated carbocycles. The molecule has 0 bridgehead atoms. The third kappa shape index (κ3) is 2.70. The van der Waals surface area contributed by atoms with Gasteiger partial charge >= 0.3 is 0 Å². The Balaban J connectivity index is 1.56. The van der Waals surface area contributed by atoms with Gasteiger partial charge in [0.2, 0.25) is 0 Å². The number of nitrogens with zero attached hydrogens (tertiary/aromatic N) is 5. The fraction of sp³-hybridized carbons (Fsp3) is 0.292. The Labute approximate surface area is 174 Å². The molecule has 0 spiro atoms. The van der Waals surface area contributed by atoms with Crippen molar-refractivity contribution in [2.24, 2.45) is 0 Å². The van der Waals surface area contributed by atoms with Crippen molar-refractivity contribution in [1.82, 2.24) is 24.1 Å². The molecule has 3 aromatic heterocycles. The average molecular weight is 401 g/mol. The molecule has 1 aliphatic rings. The average Bonchev–Trinajstić information content (AvgIpc) is 3.26. The number of aryl methyl sites for hydroxylation is 1. The molecule has 0 amide bonds. The summed E-state index contributed by atoms with van der Waals surface area (Å²) in [7, 11) is 0. The molecular weight excluding hydrogens is 377 g/mol. The number of halogens is 1. The number of aromatic nitrogens is 5. The van der Waals surface area contributed by atoms with E-state index in [9.17, 15) is 4.39 Å². The maximum Gasteiger partial charge on any atom is 0.158 e. The van der Waals surface area contributed by atoms with E-state index in [1.807, 2.05) is 49.9 Å². The number of pyridine rings is 1. The van der Waals surface area contributed by atoms with Crippen LogP contribution in [0.5, 0.6) is 0 Å². The lowest BCUT2D eigenvalue weighted by atomic mass is 10.1. The fourth-order valence-corrected chi connectivity index (χ4v) is 4.22. The van der Waals surface area contributed by atoms with Crippen molar-refractivity contribution >= 4 is 27.7 Å². The molecule has 1 aliphatic carbocycles. The Morgan fingerprint density at radius 2 is 1.97 bits per heavy atom. The predicted molar refractivity (Wildman–Crippen MR) is 118 cm³/mol. The number of imidazole rings is 1. The minimum Gasteiger partial charge on any atom is -0.304 e. The van der Waals surface area contributed by atoms with Crippen molar-refractivity contribution < 1.29 is 4.39 Å². The van der Waals surface area contributed by atoms with Crippen LogP contribution in [-0.2, 0) is 0 Å². The lowest BCUT2D eigenvalue weighted by Crippen LogP contribution is -2.01. The molecule has 1 fully saturated rings. The minimum atomic E-state index is -0.220. The molecule has 5 rings (SSSR count). The topological polar surface area (TPSA) is 48.0 Å². The first-order valence-corrected chi connectivity index (χ1v) is 10.2. The number of fused-ring (bicyclic) bond motifs is 3. The number of rotatable bonds is 4. The summed E-state index contributed by atoms with van der Waals surface area (Å²) in [6.45, 7) is 12.1. The standard InChI is InChI=1S/C24H24FN5/c1-6-14(4)30-23(13(2)3)27-22(28-30)19-12-18(19)21-15(5)29-11-10-16-17(24(29)26-21)8-7-9-20(16)25/h6-11,18-19H,2,12H2,1,3-5H3/b14-6-. The highest BCUT2D eigenvalue weighted by molar-refractivity contribution is 5.94. The first-order valence-electron chi connectivity index (χ1n) is 10.2. The Morgan fingerprint density at radius 1 is 1.17 bits per heavy atom. The second-order valence-corrected chi connectivity index (χ2v) is 8.16. The molecule has 6 heteroatoms. The number of hydrogen-bond acceptors (Lipinski definition) is 3. The van der Waals surface area contributed by atoms with Gasteiger partial charge in [0.05, 0.1) is 5.69 Å². The molecule has 2 atom stereocenters. The Hall–Kier alpha value is -3.28. The van der Waals surface area contributed by atoms with Crippen molar-refractivity contribution in [1.29, 1.82) is 0 Å². The molecule has 30 heavy (non-hydrogen) atoms. The van der Waals surface area contributed by atoms with Gasteiger partial charge in [0, 0.05) is 40.2 Å². The van der Waals surface area contributed by atoms with E-state index in [2.05, 4.69) is 17.9 Å². The van der Waals surface area contributed by atoms with E-state index in [1.165, 1.54) is 6.07 Å². The summed E-state index contributed by atoms with van der Waals surface area (Å²) >= 11 is 0. The van der Waals surface area contributed by atoms with Gasteiger partial charge in [-0.1, -0.05) is 24.8 Å². The molecule has 3 heterocycles. The molecule has 0 aliphatic heterocycles. The van der Waals surface area contributed by atoms with E-state index in [0.29, 0.717) is 5.39 Å². The monoisotopic (exact) mass is 401 g/mol. The molecule has 4 aromatic rings. The lowest BCUT2D eigenvalue weighted by Gasteiger charge is -2.03. The summed E-state index contributed by atoms with van der Waals surface area (Å²) in [6, 6.07) is 6.97. The normalized spacial score (nSPS) is 19.0. The SMILES string of the molecule is C=C(C)c1nc(C2CC2c2nc3c4cccc(F)c4ccn3c2C)nn1/C(C)=C\C. The molecule has 0 saturated heterocycles. The van der Waals surface area contributed by atoms with Crippen LogP contribution in [0.3, 0.4) is 0 Å². The first kappa shape index (κ1) is 18.7. The van der Waals surface area contributed by atoms with Crippen LogP contribution in [0.2, 0.25) is 0 Å². The van der Waals surface area contributed by atoms with Gasteiger partial charge in [-0.3, -0.25) is 0 Å². The van der Waals surface area contributed by atoms with Crippen LogP contribution in [0.15, 0.2) is 43.1 Å². The van der Waals surface area contributed by atoms with Gasteiger partial charge in [-0.2, -0.15) is 5.10 Å². The van der Waals surface area contributed by atoms with Crippen LogP contribution in [0.25, 0.3) is 27.7 Å². The first-order chi connectivity index (χ1) is 14.4. The van der Waals surface area contributed by atoms with Crippen LogP contribution in [0.1, 0.15) is 62.1 Å². The summed E-state index contributed by atoms with van der Waals surface area (Å²) in [6.07, 6.45) is 4.89. The van der Waals surface area contributed by atoms with E-state index in [4.69, 9.17) is 15.1 Å². The summed E-state index contributed by atoms with van der Waals surface area (Å²) in [4.78, 5) is 9.73. The van der Waals surface area contributed by atoms with Gasteiger partial charge in [0.15, 0.2) is 11.6 Å². The minimum absolute atomic E-state index is 0.220. The zero-order valence-electron chi connectivity index (χ0n) is 17.6. The highest BCUT2D eigenvalue weighted by Gasteiger charge is 2.45. The highest BCUT2D eigenvalue weighted by atomic mass is 19.1. The smallest absolute Gasteiger partial charge is 0.158 e. The van der Waals surface area contributed by atoms with Crippen LogP contribution >= 0.6 is 0 Å². The summed E-state index contributed by atoms with van der Waals surface area (Å²) in [5.74, 6) is 1.93. The summed E-state index contributed by atoms with van der Waals surface area (Å²) < 4.78 is 18.1. The van der Waals surface area contributed by atoms with E-state index in [-0.39, 0.29) is 17.7 Å². The molecular formula is C24H24FN5. The Morgan fingerprint density at radius 3 is 2.70 bits per heavy atom. The molecule has 0 N–H and O–H groups in total. The number of benzene rings is 1. The molecule has 0 radical (unpaired) electrons. The molecule has 1 aromatic carbocycles.